The summed E-state index contributed by atoms with van der Waals surface area (Å²) in [7, 11) is 1.68. The number of rotatable bonds is 2. The zero-order valence-corrected chi connectivity index (χ0v) is 25.0. The molecule has 2 unspecified atom stereocenters. The van der Waals surface area contributed by atoms with E-state index < -0.39 is 11.0 Å². The van der Waals surface area contributed by atoms with Crippen molar-refractivity contribution in [2.75, 3.05) is 13.7 Å². The van der Waals surface area contributed by atoms with Crippen molar-refractivity contribution in [1.29, 1.82) is 0 Å². The third kappa shape index (κ3) is 7.07. The van der Waals surface area contributed by atoms with Gasteiger partial charge in [0.1, 0.15) is 17.5 Å². The standard InChI is InChI=1S/C37H42O4.5CH4/c1-35(2,3)27-11-6-24(7-12-27)18-20-37(39)21-19-32-31-16-10-26-22-28(38)13-17-30(26)33(31)34(41-23-36(32,37)4)25-8-14-29(40-5)15-9-25;;;;;/h6-9,11-12,14-15,22,31-32,34,39H,10,13,16-17,19,21,23H2,1-5H3;5*1H4/t31?,32?,34-,36+,37+;;;;;/m1...../s1. The van der Waals surface area contributed by atoms with Gasteiger partial charge < -0.3 is 14.6 Å². The number of fused-ring (bicyclic) bond motifs is 4. The fourth-order valence-corrected chi connectivity index (χ4v) is 7.76. The fourth-order valence-electron chi connectivity index (χ4n) is 7.76. The molecule has 6 rings (SSSR count). The Labute approximate surface area is 281 Å². The van der Waals surface area contributed by atoms with E-state index in [4.69, 9.17) is 9.47 Å². The Kier molecular flexibility index (Phi) is 13.5. The summed E-state index contributed by atoms with van der Waals surface area (Å²) in [4.78, 5) is 12.4. The second-order valence-corrected chi connectivity index (χ2v) is 13.7. The zero-order chi connectivity index (χ0) is 29.0. The second-order valence-electron chi connectivity index (χ2n) is 13.7. The highest BCUT2D eigenvalue weighted by Gasteiger charge is 2.61. The van der Waals surface area contributed by atoms with Crippen LogP contribution in [0.1, 0.15) is 126 Å². The molecule has 4 heteroatoms. The van der Waals surface area contributed by atoms with Gasteiger partial charge in [0, 0.05) is 17.4 Å². The number of carbonyl (C=O) groups is 1. The highest BCUT2D eigenvalue weighted by Crippen LogP contribution is 2.61. The first-order valence-electron chi connectivity index (χ1n) is 15.1. The van der Waals surface area contributed by atoms with Crippen LogP contribution in [-0.2, 0) is 14.9 Å². The van der Waals surface area contributed by atoms with Crippen LogP contribution in [0, 0.1) is 29.1 Å². The van der Waals surface area contributed by atoms with Gasteiger partial charge in [-0.25, -0.2) is 0 Å². The summed E-state index contributed by atoms with van der Waals surface area (Å²) in [6.07, 6.45) is 6.38. The Morgan fingerprint density at radius 1 is 0.913 bits per heavy atom. The quantitative estimate of drug-likeness (QED) is 0.336. The molecule has 5 atom stereocenters. The number of hydrogen-bond donors (Lipinski definition) is 1. The average Bonchev–Trinajstić information content (AvgIpc) is 3.13. The predicted octanol–water partition coefficient (Wildman–Crippen LogP) is 10.4. The van der Waals surface area contributed by atoms with Crippen molar-refractivity contribution < 1.29 is 19.4 Å². The van der Waals surface area contributed by atoms with Gasteiger partial charge in [0.05, 0.1) is 13.7 Å². The van der Waals surface area contributed by atoms with Crippen molar-refractivity contribution in [3.05, 3.63) is 88.0 Å². The lowest BCUT2D eigenvalue weighted by Gasteiger charge is -2.42. The Bertz CT molecular complexity index is 1460. The van der Waals surface area contributed by atoms with E-state index in [2.05, 4.69) is 75.9 Å². The molecular weight excluding hydrogens is 568 g/mol. The van der Waals surface area contributed by atoms with Crippen molar-refractivity contribution in [1.82, 2.24) is 0 Å². The SMILES string of the molecule is C.C.C.C.C.COc1ccc([C@H]2OC[C@@]3(C)C(CC[C@@]3(O)C#Cc3ccc(C(C)(C)C)cc3)C3CCC4=CC(=O)CCC4=C32)cc1. The van der Waals surface area contributed by atoms with Crippen LogP contribution in [0.5, 0.6) is 5.75 Å². The summed E-state index contributed by atoms with van der Waals surface area (Å²) in [5, 5.41) is 12.3. The summed E-state index contributed by atoms with van der Waals surface area (Å²) >= 11 is 0. The smallest absolute Gasteiger partial charge is 0.156 e. The minimum Gasteiger partial charge on any atom is -0.497 e. The molecule has 3 aliphatic carbocycles. The van der Waals surface area contributed by atoms with Crippen molar-refractivity contribution in [2.45, 2.75) is 120 Å². The topological polar surface area (TPSA) is 55.8 Å². The van der Waals surface area contributed by atoms with Gasteiger partial charge in [0.15, 0.2) is 5.78 Å². The minimum atomic E-state index is -1.15. The molecule has 0 radical (unpaired) electrons. The van der Waals surface area contributed by atoms with Gasteiger partial charge in [-0.3, -0.25) is 4.79 Å². The molecule has 0 aromatic heterocycles. The van der Waals surface area contributed by atoms with Crippen LogP contribution in [0.4, 0.5) is 0 Å². The predicted molar refractivity (Wildman–Crippen MR) is 195 cm³/mol. The molecule has 0 bridgehead atoms. The molecule has 254 valence electrons. The van der Waals surface area contributed by atoms with Crippen molar-refractivity contribution in [2.24, 2.45) is 17.3 Å². The van der Waals surface area contributed by atoms with Gasteiger partial charge in [-0.15, -0.1) is 0 Å². The van der Waals surface area contributed by atoms with Crippen molar-refractivity contribution >= 4 is 5.78 Å². The number of benzene rings is 2. The van der Waals surface area contributed by atoms with E-state index in [0.29, 0.717) is 19.4 Å². The van der Waals surface area contributed by atoms with E-state index in [1.807, 2.05) is 18.2 Å². The van der Waals surface area contributed by atoms with E-state index in [9.17, 15) is 9.90 Å². The van der Waals surface area contributed by atoms with Crippen LogP contribution in [0.15, 0.2) is 71.3 Å². The maximum absolute atomic E-state index is 12.4. The lowest BCUT2D eigenvalue weighted by atomic mass is 9.61. The molecule has 2 aromatic carbocycles. The van der Waals surface area contributed by atoms with Gasteiger partial charge in [0.2, 0.25) is 0 Å². The Hall–Kier alpha value is -3.13. The van der Waals surface area contributed by atoms with Crippen molar-refractivity contribution in [3.63, 3.8) is 0 Å². The number of ether oxygens (including phenoxy) is 2. The van der Waals surface area contributed by atoms with Gasteiger partial charge >= 0.3 is 0 Å². The summed E-state index contributed by atoms with van der Waals surface area (Å²) in [6.45, 7) is 9.24. The molecule has 1 saturated heterocycles. The Morgan fingerprint density at radius 2 is 1.57 bits per heavy atom. The van der Waals surface area contributed by atoms with Gasteiger partial charge in [-0.05, 0) is 108 Å². The van der Waals surface area contributed by atoms with Crippen LogP contribution in [0.25, 0.3) is 0 Å². The first kappa shape index (κ1) is 40.9. The van der Waals surface area contributed by atoms with Crippen LogP contribution < -0.4 is 4.74 Å². The Balaban J connectivity index is 0.00000212. The van der Waals surface area contributed by atoms with Gasteiger partial charge in [-0.2, -0.15) is 0 Å². The second kappa shape index (κ2) is 15.2. The number of carbonyl (C=O) groups excluding carboxylic acids is 1. The minimum absolute atomic E-state index is 0. The highest BCUT2D eigenvalue weighted by atomic mass is 16.5. The number of methoxy groups -OCH3 is 1. The number of allylic oxidation sites excluding steroid dienone is 3. The van der Waals surface area contributed by atoms with E-state index >= 15 is 0 Å². The molecule has 0 spiro atoms. The third-order valence-corrected chi connectivity index (χ3v) is 10.3. The molecule has 46 heavy (non-hydrogen) atoms. The molecule has 4 nitrogen and oxygen atoms in total. The highest BCUT2D eigenvalue weighted by molar-refractivity contribution is 5.93. The van der Waals surface area contributed by atoms with Crippen LogP contribution in [0.3, 0.4) is 0 Å². The number of aliphatic hydroxyl groups is 1. The largest absolute Gasteiger partial charge is 0.497 e. The zero-order valence-electron chi connectivity index (χ0n) is 25.0. The molecular formula is C42H62O4. The number of hydrogen-bond acceptors (Lipinski definition) is 4. The summed E-state index contributed by atoms with van der Waals surface area (Å²) < 4.78 is 12.3. The molecule has 1 saturated carbocycles. The molecule has 1 N–H and O–H groups in total. The van der Waals surface area contributed by atoms with Crippen LogP contribution in [-0.4, -0.2) is 30.2 Å². The van der Waals surface area contributed by atoms with E-state index in [-0.39, 0.29) is 66.3 Å². The van der Waals surface area contributed by atoms with Crippen molar-refractivity contribution in [3.8, 4) is 17.6 Å². The average molecular weight is 631 g/mol. The molecule has 1 heterocycles. The molecule has 2 fully saturated rings. The first-order valence-corrected chi connectivity index (χ1v) is 15.1. The maximum Gasteiger partial charge on any atom is 0.156 e. The summed E-state index contributed by atoms with van der Waals surface area (Å²) in [5.41, 5.74) is 5.52. The first-order chi connectivity index (χ1) is 19.5. The molecule has 4 aliphatic rings. The molecule has 1 aliphatic heterocycles. The third-order valence-electron chi connectivity index (χ3n) is 10.3. The Morgan fingerprint density at radius 3 is 2.17 bits per heavy atom. The lowest BCUT2D eigenvalue weighted by Crippen LogP contribution is -2.48. The molecule has 0 amide bonds. The van der Waals surface area contributed by atoms with Crippen LogP contribution >= 0.6 is 0 Å². The van der Waals surface area contributed by atoms with Gasteiger partial charge in [0.25, 0.3) is 0 Å². The summed E-state index contributed by atoms with van der Waals surface area (Å²) in [5.74, 6) is 8.26. The normalized spacial score (nSPS) is 27.8. The number of ketones is 1. The van der Waals surface area contributed by atoms with E-state index in [0.717, 1.165) is 42.6 Å². The van der Waals surface area contributed by atoms with E-state index in [1.54, 1.807) is 7.11 Å². The lowest BCUT2D eigenvalue weighted by molar-refractivity contribution is -0.114. The monoisotopic (exact) mass is 630 g/mol. The molecule has 2 aromatic rings. The van der Waals surface area contributed by atoms with Gasteiger partial charge in [-0.1, -0.05) is 101 Å². The van der Waals surface area contributed by atoms with E-state index in [1.165, 1.54) is 22.3 Å². The maximum atomic E-state index is 12.4. The summed E-state index contributed by atoms with van der Waals surface area (Å²) in [6, 6.07) is 16.6. The van der Waals surface area contributed by atoms with Crippen LogP contribution in [0.2, 0.25) is 0 Å². The fraction of sp³-hybridized carbons (Fsp3) is 0.548.